The van der Waals surface area contributed by atoms with Gasteiger partial charge in [0.2, 0.25) is 0 Å². The second-order valence-corrected chi connectivity index (χ2v) is 4.52. The summed E-state index contributed by atoms with van der Waals surface area (Å²) in [5, 5.41) is 11.8. The molecule has 0 aromatic rings. The van der Waals surface area contributed by atoms with Crippen molar-refractivity contribution in [3.63, 3.8) is 0 Å². The molecule has 0 aliphatic heterocycles. The molecule has 17 heavy (non-hydrogen) atoms. The van der Waals surface area contributed by atoms with Crippen LogP contribution in [0.25, 0.3) is 0 Å². The topological polar surface area (TPSA) is 52.6 Å². The minimum Gasteiger partial charge on any atom is -0.480 e. The molecule has 0 spiro atoms. The van der Waals surface area contributed by atoms with Crippen molar-refractivity contribution >= 4 is 5.97 Å². The zero-order chi connectivity index (χ0) is 13.1. The molecule has 102 valence electrons. The van der Waals surface area contributed by atoms with E-state index in [0.717, 1.165) is 19.6 Å². The molecule has 4 heteroatoms. The van der Waals surface area contributed by atoms with E-state index in [-0.39, 0.29) is 0 Å². The zero-order valence-corrected chi connectivity index (χ0v) is 11.5. The Morgan fingerprint density at radius 1 is 1.18 bits per heavy atom. The van der Waals surface area contributed by atoms with Gasteiger partial charge in [-0.2, -0.15) is 0 Å². The molecule has 0 saturated carbocycles. The number of carboxylic acids is 1. The highest BCUT2D eigenvalue weighted by Crippen LogP contribution is 2.02. The number of aliphatic carboxylic acids is 1. The van der Waals surface area contributed by atoms with Crippen LogP contribution in [0.2, 0.25) is 0 Å². The molecule has 4 nitrogen and oxygen atoms in total. The maximum Gasteiger partial charge on any atom is 0.320 e. The lowest BCUT2D eigenvalue weighted by Gasteiger charge is -2.23. The number of carboxylic acid groups (broad SMARTS) is 1. The molecular weight excluding hydrogens is 216 g/mol. The summed E-state index contributed by atoms with van der Waals surface area (Å²) in [7, 11) is 1.71. The van der Waals surface area contributed by atoms with Gasteiger partial charge in [0.25, 0.3) is 0 Å². The Morgan fingerprint density at radius 3 is 2.06 bits per heavy atom. The standard InChI is InChI=1S/C13H28N2O2/c1-4-6-9-15(10-7-5-2)11-8-12(14-3)13(16)17/h12,14H,4-11H2,1-3H3,(H,16,17). The summed E-state index contributed by atoms with van der Waals surface area (Å²) in [4.78, 5) is 13.3. The highest BCUT2D eigenvalue weighted by atomic mass is 16.4. The van der Waals surface area contributed by atoms with Crippen LogP contribution in [0.15, 0.2) is 0 Å². The summed E-state index contributed by atoms with van der Waals surface area (Å²) in [6.07, 6.45) is 5.45. The largest absolute Gasteiger partial charge is 0.480 e. The van der Waals surface area contributed by atoms with E-state index in [2.05, 4.69) is 24.1 Å². The van der Waals surface area contributed by atoms with E-state index in [4.69, 9.17) is 5.11 Å². The number of nitrogens with zero attached hydrogens (tertiary/aromatic N) is 1. The van der Waals surface area contributed by atoms with E-state index in [9.17, 15) is 4.79 Å². The molecule has 0 aromatic heterocycles. The second kappa shape index (κ2) is 10.5. The molecule has 1 atom stereocenters. The summed E-state index contributed by atoms with van der Waals surface area (Å²) in [5.74, 6) is -0.751. The number of rotatable bonds is 11. The average Bonchev–Trinajstić information content (AvgIpc) is 2.31. The molecule has 2 N–H and O–H groups in total. The third-order valence-electron chi connectivity index (χ3n) is 3.04. The normalized spacial score (nSPS) is 12.9. The van der Waals surface area contributed by atoms with Crippen LogP contribution in [0.4, 0.5) is 0 Å². The van der Waals surface area contributed by atoms with Crippen LogP contribution in [0.3, 0.4) is 0 Å². The molecule has 0 saturated heterocycles. The van der Waals surface area contributed by atoms with Gasteiger partial charge in [0.05, 0.1) is 0 Å². The Hall–Kier alpha value is -0.610. The molecule has 0 bridgehead atoms. The van der Waals surface area contributed by atoms with E-state index in [0.29, 0.717) is 6.42 Å². The molecule has 0 amide bonds. The summed E-state index contributed by atoms with van der Waals surface area (Å²) >= 11 is 0. The lowest BCUT2D eigenvalue weighted by atomic mass is 10.2. The monoisotopic (exact) mass is 244 g/mol. The Bertz CT molecular complexity index is 190. The van der Waals surface area contributed by atoms with Gasteiger partial charge in [-0.05, 0) is 39.4 Å². The predicted molar refractivity (Wildman–Crippen MR) is 71.4 cm³/mol. The number of hydrogen-bond donors (Lipinski definition) is 2. The average molecular weight is 244 g/mol. The van der Waals surface area contributed by atoms with Crippen molar-refractivity contribution in [2.24, 2.45) is 0 Å². The van der Waals surface area contributed by atoms with E-state index in [1.807, 2.05) is 0 Å². The van der Waals surface area contributed by atoms with E-state index in [1.54, 1.807) is 7.05 Å². The Morgan fingerprint density at radius 2 is 1.71 bits per heavy atom. The van der Waals surface area contributed by atoms with Crippen LogP contribution in [0.1, 0.15) is 46.0 Å². The summed E-state index contributed by atoms with van der Waals surface area (Å²) in [6.45, 7) is 7.42. The van der Waals surface area contributed by atoms with E-state index in [1.165, 1.54) is 25.7 Å². The van der Waals surface area contributed by atoms with Crippen LogP contribution < -0.4 is 5.32 Å². The first-order valence-electron chi connectivity index (χ1n) is 6.78. The lowest BCUT2D eigenvalue weighted by molar-refractivity contribution is -0.139. The van der Waals surface area contributed by atoms with Gasteiger partial charge in [-0.1, -0.05) is 26.7 Å². The fraction of sp³-hybridized carbons (Fsp3) is 0.923. The van der Waals surface area contributed by atoms with Gasteiger partial charge in [0.1, 0.15) is 6.04 Å². The van der Waals surface area contributed by atoms with E-state index >= 15 is 0 Å². The Kier molecular flexibility index (Phi) is 10.2. The molecule has 0 aliphatic rings. The van der Waals surface area contributed by atoms with Crippen molar-refractivity contribution < 1.29 is 9.90 Å². The number of nitrogens with one attached hydrogen (secondary N) is 1. The number of likely N-dealkylation sites (N-methyl/N-ethyl adjacent to an activating group) is 1. The summed E-state index contributed by atoms with van der Waals surface area (Å²) in [6, 6.07) is -0.416. The molecule has 0 heterocycles. The smallest absolute Gasteiger partial charge is 0.320 e. The first kappa shape index (κ1) is 16.4. The molecule has 0 radical (unpaired) electrons. The molecular formula is C13H28N2O2. The predicted octanol–water partition coefficient (Wildman–Crippen LogP) is 1.95. The van der Waals surface area contributed by atoms with Gasteiger partial charge < -0.3 is 15.3 Å². The Labute approximate surface area is 105 Å². The molecule has 0 fully saturated rings. The van der Waals surface area contributed by atoms with Crippen molar-refractivity contribution in [1.29, 1.82) is 0 Å². The van der Waals surface area contributed by atoms with Crippen LogP contribution in [0.5, 0.6) is 0 Å². The first-order chi connectivity index (χ1) is 8.15. The second-order valence-electron chi connectivity index (χ2n) is 4.52. The third-order valence-corrected chi connectivity index (χ3v) is 3.04. The SMILES string of the molecule is CCCCN(CCCC)CCC(NC)C(=O)O. The van der Waals surface area contributed by atoms with Crippen LogP contribution >= 0.6 is 0 Å². The maximum atomic E-state index is 10.9. The third kappa shape index (κ3) is 8.16. The van der Waals surface area contributed by atoms with Gasteiger partial charge in [-0.25, -0.2) is 0 Å². The van der Waals surface area contributed by atoms with Crippen LogP contribution in [-0.4, -0.2) is 48.7 Å². The van der Waals surface area contributed by atoms with Gasteiger partial charge in [0.15, 0.2) is 0 Å². The van der Waals surface area contributed by atoms with Crippen molar-refractivity contribution in [2.45, 2.75) is 52.0 Å². The molecule has 1 unspecified atom stereocenters. The molecule has 0 aliphatic carbocycles. The maximum absolute atomic E-state index is 10.9. The van der Waals surface area contributed by atoms with Gasteiger partial charge in [-0.3, -0.25) is 4.79 Å². The van der Waals surface area contributed by atoms with Gasteiger partial charge in [-0.15, -0.1) is 0 Å². The fourth-order valence-corrected chi connectivity index (χ4v) is 1.80. The highest BCUT2D eigenvalue weighted by molar-refractivity contribution is 5.73. The summed E-state index contributed by atoms with van der Waals surface area (Å²) in [5.41, 5.74) is 0. The number of carbonyl (C=O) groups is 1. The van der Waals surface area contributed by atoms with Gasteiger partial charge in [0, 0.05) is 6.54 Å². The minimum atomic E-state index is -0.751. The number of unbranched alkanes of at least 4 members (excludes halogenated alkanes) is 2. The van der Waals surface area contributed by atoms with Crippen LogP contribution in [0, 0.1) is 0 Å². The van der Waals surface area contributed by atoms with Crippen molar-refractivity contribution in [1.82, 2.24) is 10.2 Å². The van der Waals surface area contributed by atoms with Gasteiger partial charge >= 0.3 is 5.97 Å². The van der Waals surface area contributed by atoms with Crippen LogP contribution in [-0.2, 0) is 4.79 Å². The van der Waals surface area contributed by atoms with Crippen molar-refractivity contribution in [2.75, 3.05) is 26.7 Å². The number of hydrogen-bond acceptors (Lipinski definition) is 3. The van der Waals surface area contributed by atoms with Crippen molar-refractivity contribution in [3.8, 4) is 0 Å². The quantitative estimate of drug-likeness (QED) is 0.583. The lowest BCUT2D eigenvalue weighted by Crippen LogP contribution is -2.38. The summed E-state index contributed by atoms with van der Waals surface area (Å²) < 4.78 is 0. The van der Waals surface area contributed by atoms with Crippen molar-refractivity contribution in [3.05, 3.63) is 0 Å². The molecule has 0 aromatic carbocycles. The highest BCUT2D eigenvalue weighted by Gasteiger charge is 2.15. The minimum absolute atomic E-state index is 0.416. The first-order valence-corrected chi connectivity index (χ1v) is 6.78. The zero-order valence-electron chi connectivity index (χ0n) is 11.5. The Balaban J connectivity index is 3.98. The van der Waals surface area contributed by atoms with E-state index < -0.39 is 12.0 Å². The molecule has 0 rings (SSSR count). The fourth-order valence-electron chi connectivity index (χ4n) is 1.80.